The van der Waals surface area contributed by atoms with E-state index in [1.165, 1.54) is 6.42 Å². The Hall–Kier alpha value is -2.49. The number of hydrogen-bond donors (Lipinski definition) is 0. The number of halogens is 1. The van der Waals surface area contributed by atoms with Gasteiger partial charge in [-0.25, -0.2) is 0 Å². The lowest BCUT2D eigenvalue weighted by Crippen LogP contribution is -2.34. The second-order valence-electron chi connectivity index (χ2n) is 7.24. The molecule has 1 aromatic carbocycles. The Morgan fingerprint density at radius 2 is 1.93 bits per heavy atom. The number of fused-ring (bicyclic) bond motifs is 1. The van der Waals surface area contributed by atoms with Gasteiger partial charge in [-0.3, -0.25) is 14.7 Å². The number of aromatic nitrogens is 2. The van der Waals surface area contributed by atoms with Crippen molar-refractivity contribution in [3.05, 3.63) is 57.8 Å². The Labute approximate surface area is 172 Å². The van der Waals surface area contributed by atoms with Gasteiger partial charge in [-0.15, -0.1) is 0 Å². The zero-order chi connectivity index (χ0) is 19.7. The number of nitrogens with zero attached hydrogens (tertiary/aromatic N) is 4. The van der Waals surface area contributed by atoms with E-state index >= 15 is 0 Å². The molecule has 1 aliphatic rings. The summed E-state index contributed by atoms with van der Waals surface area (Å²) in [6.07, 6.45) is 5.30. The largest absolute Gasteiger partial charge is 0.311 e. The first-order chi connectivity index (χ1) is 13.6. The maximum Gasteiger partial charge on any atom is 0.180 e. The van der Waals surface area contributed by atoms with E-state index in [1.807, 2.05) is 25.1 Å². The highest BCUT2D eigenvalue weighted by Gasteiger charge is 2.24. The number of piperidine rings is 1. The first-order valence-electron chi connectivity index (χ1n) is 9.51. The van der Waals surface area contributed by atoms with Crippen LogP contribution < -0.4 is 0 Å². The highest BCUT2D eigenvalue weighted by atomic mass is 79.9. The van der Waals surface area contributed by atoms with Crippen molar-refractivity contribution in [2.75, 3.05) is 19.6 Å². The maximum absolute atomic E-state index is 13.2. The fourth-order valence-corrected chi connectivity index (χ4v) is 4.33. The summed E-state index contributed by atoms with van der Waals surface area (Å²) >= 11 is 3.50. The molecule has 28 heavy (non-hydrogen) atoms. The van der Waals surface area contributed by atoms with Crippen LogP contribution in [0.25, 0.3) is 16.7 Å². The number of pyridine rings is 1. The third-order valence-corrected chi connectivity index (χ3v) is 5.79. The summed E-state index contributed by atoms with van der Waals surface area (Å²) in [5.41, 5.74) is 4.72. The van der Waals surface area contributed by atoms with Crippen LogP contribution >= 0.6 is 15.9 Å². The molecule has 142 valence electrons. The number of Topliss-reactive ketones (excluding diaryl/α,β-unsaturated/α-hetero) is 1. The van der Waals surface area contributed by atoms with Crippen molar-refractivity contribution in [1.82, 2.24) is 14.5 Å². The molecule has 3 aromatic rings. The first kappa shape index (κ1) is 18.9. The molecule has 6 heteroatoms. The van der Waals surface area contributed by atoms with Crippen molar-refractivity contribution in [3.63, 3.8) is 0 Å². The minimum absolute atomic E-state index is 0.117. The zero-order valence-electron chi connectivity index (χ0n) is 15.8. The van der Waals surface area contributed by atoms with Gasteiger partial charge in [-0.2, -0.15) is 5.26 Å². The first-order valence-corrected chi connectivity index (χ1v) is 10.3. The van der Waals surface area contributed by atoms with Gasteiger partial charge in [0.25, 0.3) is 0 Å². The van der Waals surface area contributed by atoms with E-state index in [0.29, 0.717) is 17.7 Å². The molecule has 0 aliphatic carbocycles. The molecule has 5 nitrogen and oxygen atoms in total. The van der Waals surface area contributed by atoms with Crippen LogP contribution in [0.1, 0.15) is 40.9 Å². The van der Waals surface area contributed by atoms with E-state index in [-0.39, 0.29) is 5.78 Å². The SMILES string of the molecule is Cc1c(C(=O)CN2CCCCC2)c2ncc(Br)cc2n1-c1ccc(C#N)cc1. The molecule has 0 saturated carbocycles. The van der Waals surface area contributed by atoms with Crippen LogP contribution in [0.4, 0.5) is 0 Å². The van der Waals surface area contributed by atoms with Crippen molar-refractivity contribution >= 4 is 32.7 Å². The van der Waals surface area contributed by atoms with Crippen molar-refractivity contribution in [2.45, 2.75) is 26.2 Å². The molecular weight excluding hydrogens is 416 g/mol. The van der Waals surface area contributed by atoms with E-state index in [2.05, 4.69) is 36.5 Å². The molecule has 3 heterocycles. The summed E-state index contributed by atoms with van der Waals surface area (Å²) in [6, 6.07) is 11.5. The predicted octanol–water partition coefficient (Wildman–Crippen LogP) is 4.64. The Morgan fingerprint density at radius 1 is 1.21 bits per heavy atom. The van der Waals surface area contributed by atoms with Crippen molar-refractivity contribution < 1.29 is 4.79 Å². The molecule has 1 fully saturated rings. The Bertz CT molecular complexity index is 1070. The summed E-state index contributed by atoms with van der Waals surface area (Å²) in [5, 5.41) is 9.07. The standard InChI is InChI=1S/C22H21BrN4O/c1-15-21(20(28)14-26-9-3-2-4-10-26)22-19(11-17(23)13-25-22)27(15)18-7-5-16(12-24)6-8-18/h5-8,11,13H,2-4,9-10,14H2,1H3. The fourth-order valence-electron chi connectivity index (χ4n) is 4.01. The van der Waals surface area contributed by atoms with Gasteiger partial charge in [0.05, 0.1) is 34.8 Å². The lowest BCUT2D eigenvalue weighted by Gasteiger charge is -2.25. The Kier molecular flexibility index (Phi) is 5.29. The lowest BCUT2D eigenvalue weighted by molar-refractivity contribution is 0.0916. The number of ketones is 1. The van der Waals surface area contributed by atoms with Crippen LogP contribution in [0.5, 0.6) is 0 Å². The van der Waals surface area contributed by atoms with Crippen molar-refractivity contribution in [2.24, 2.45) is 0 Å². The summed E-state index contributed by atoms with van der Waals surface area (Å²) in [4.78, 5) is 20.0. The highest BCUT2D eigenvalue weighted by molar-refractivity contribution is 9.10. The minimum Gasteiger partial charge on any atom is -0.311 e. The highest BCUT2D eigenvalue weighted by Crippen LogP contribution is 2.30. The van der Waals surface area contributed by atoms with Gasteiger partial charge >= 0.3 is 0 Å². The topological polar surface area (TPSA) is 61.9 Å². The zero-order valence-corrected chi connectivity index (χ0v) is 17.4. The third-order valence-electron chi connectivity index (χ3n) is 5.36. The van der Waals surface area contributed by atoms with Gasteiger partial charge in [0.2, 0.25) is 0 Å². The quantitative estimate of drug-likeness (QED) is 0.558. The maximum atomic E-state index is 13.2. The summed E-state index contributed by atoms with van der Waals surface area (Å²) < 4.78 is 2.92. The molecule has 0 N–H and O–H groups in total. The lowest BCUT2D eigenvalue weighted by atomic mass is 10.1. The van der Waals surface area contributed by atoms with Crippen molar-refractivity contribution in [1.29, 1.82) is 5.26 Å². The van der Waals surface area contributed by atoms with Crippen LogP contribution in [0.3, 0.4) is 0 Å². The van der Waals surface area contributed by atoms with Gasteiger partial charge in [0, 0.05) is 22.1 Å². The molecule has 2 aromatic heterocycles. The Balaban J connectivity index is 1.81. The molecule has 4 rings (SSSR count). The monoisotopic (exact) mass is 436 g/mol. The number of likely N-dealkylation sites (tertiary alicyclic amines) is 1. The second kappa shape index (κ2) is 7.86. The number of benzene rings is 1. The average molecular weight is 437 g/mol. The van der Waals surface area contributed by atoms with Crippen LogP contribution in [0.2, 0.25) is 0 Å². The number of nitriles is 1. The van der Waals surface area contributed by atoms with Gasteiger partial charge in [0.1, 0.15) is 0 Å². The molecule has 0 radical (unpaired) electrons. The summed E-state index contributed by atoms with van der Waals surface area (Å²) in [5.74, 6) is 0.117. The van der Waals surface area contributed by atoms with Gasteiger partial charge in [-0.1, -0.05) is 6.42 Å². The number of rotatable bonds is 4. The normalized spacial score (nSPS) is 14.9. The molecule has 0 atom stereocenters. The molecular formula is C22H21BrN4O. The predicted molar refractivity (Wildman–Crippen MR) is 113 cm³/mol. The molecule has 1 aliphatic heterocycles. The molecule has 1 saturated heterocycles. The van der Waals surface area contributed by atoms with Crippen molar-refractivity contribution in [3.8, 4) is 11.8 Å². The Morgan fingerprint density at radius 3 is 2.61 bits per heavy atom. The van der Waals surface area contributed by atoms with Crippen LogP contribution in [-0.4, -0.2) is 39.9 Å². The summed E-state index contributed by atoms with van der Waals surface area (Å²) in [6.45, 7) is 4.37. The fraction of sp³-hybridized carbons (Fsp3) is 0.318. The van der Waals surface area contributed by atoms with E-state index in [9.17, 15) is 4.79 Å². The summed E-state index contributed by atoms with van der Waals surface area (Å²) in [7, 11) is 0. The number of carbonyl (C=O) groups excluding carboxylic acids is 1. The van der Waals surface area contributed by atoms with Crippen LogP contribution in [-0.2, 0) is 0 Å². The van der Waals surface area contributed by atoms with Gasteiger partial charge < -0.3 is 4.57 Å². The van der Waals surface area contributed by atoms with Crippen LogP contribution in [0.15, 0.2) is 41.0 Å². The smallest absolute Gasteiger partial charge is 0.180 e. The van der Waals surface area contributed by atoms with E-state index in [4.69, 9.17) is 5.26 Å². The van der Waals surface area contributed by atoms with Gasteiger partial charge in [-0.05, 0) is 79.1 Å². The van der Waals surface area contributed by atoms with E-state index < -0.39 is 0 Å². The van der Waals surface area contributed by atoms with E-state index in [0.717, 1.165) is 52.8 Å². The molecule has 0 unspecified atom stereocenters. The molecule has 0 spiro atoms. The number of hydrogen-bond acceptors (Lipinski definition) is 4. The minimum atomic E-state index is 0.117. The average Bonchev–Trinajstić information content (AvgIpc) is 3.00. The van der Waals surface area contributed by atoms with Gasteiger partial charge in [0.15, 0.2) is 5.78 Å². The molecule has 0 amide bonds. The molecule has 0 bridgehead atoms. The number of carbonyl (C=O) groups is 1. The van der Waals surface area contributed by atoms with E-state index in [1.54, 1.807) is 18.3 Å². The third kappa shape index (κ3) is 3.48. The van der Waals surface area contributed by atoms with Crippen LogP contribution in [0, 0.1) is 18.3 Å². The second-order valence-corrected chi connectivity index (χ2v) is 8.15.